The van der Waals surface area contributed by atoms with Crippen molar-refractivity contribution in [2.24, 2.45) is 0 Å². The van der Waals surface area contributed by atoms with Gasteiger partial charge in [0, 0.05) is 18.9 Å². The molecule has 3 heterocycles. The SMILES string of the molecule is CC1Oc2ccccc2OC1C(=O)N1CCCC(Oc2nccnc2C#N)C1. The summed E-state index contributed by atoms with van der Waals surface area (Å²) in [7, 11) is 0. The molecule has 1 aromatic carbocycles. The van der Waals surface area contributed by atoms with Crippen LogP contribution in [0.5, 0.6) is 17.4 Å². The molecule has 4 rings (SSSR count). The van der Waals surface area contributed by atoms with Crippen molar-refractivity contribution in [2.45, 2.75) is 38.1 Å². The lowest BCUT2D eigenvalue weighted by Crippen LogP contribution is -2.54. The number of hydrogen-bond donors (Lipinski definition) is 0. The first-order chi connectivity index (χ1) is 13.7. The second-order valence-corrected chi connectivity index (χ2v) is 6.80. The Kier molecular flexibility index (Phi) is 4.98. The normalized spacial score (nSPS) is 23.6. The summed E-state index contributed by atoms with van der Waals surface area (Å²) in [5.41, 5.74) is 0.139. The van der Waals surface area contributed by atoms with Gasteiger partial charge in [-0.3, -0.25) is 4.79 Å². The van der Waals surface area contributed by atoms with Gasteiger partial charge in [0.2, 0.25) is 11.8 Å². The molecular formula is C20H20N4O4. The molecule has 0 bridgehead atoms. The molecule has 144 valence electrons. The van der Waals surface area contributed by atoms with E-state index in [-0.39, 0.29) is 23.6 Å². The van der Waals surface area contributed by atoms with Crippen molar-refractivity contribution in [3.05, 3.63) is 42.4 Å². The molecule has 8 nitrogen and oxygen atoms in total. The number of fused-ring (bicyclic) bond motifs is 1. The number of amides is 1. The second kappa shape index (κ2) is 7.72. The summed E-state index contributed by atoms with van der Waals surface area (Å²) in [6.07, 6.45) is 3.13. The molecule has 0 aliphatic carbocycles. The fourth-order valence-corrected chi connectivity index (χ4v) is 3.45. The van der Waals surface area contributed by atoms with E-state index < -0.39 is 12.2 Å². The van der Waals surface area contributed by atoms with Crippen molar-refractivity contribution in [3.8, 4) is 23.4 Å². The molecule has 0 saturated carbocycles. The monoisotopic (exact) mass is 380 g/mol. The first-order valence-electron chi connectivity index (χ1n) is 9.24. The van der Waals surface area contributed by atoms with Crippen LogP contribution in [-0.2, 0) is 4.79 Å². The lowest BCUT2D eigenvalue weighted by Gasteiger charge is -2.37. The van der Waals surface area contributed by atoms with Crippen LogP contribution in [0.1, 0.15) is 25.5 Å². The van der Waals surface area contributed by atoms with E-state index in [1.165, 1.54) is 12.4 Å². The average molecular weight is 380 g/mol. The first-order valence-corrected chi connectivity index (χ1v) is 9.24. The van der Waals surface area contributed by atoms with Crippen molar-refractivity contribution >= 4 is 5.91 Å². The number of benzene rings is 1. The van der Waals surface area contributed by atoms with Gasteiger partial charge in [0.1, 0.15) is 18.3 Å². The zero-order valence-corrected chi connectivity index (χ0v) is 15.4. The second-order valence-electron chi connectivity index (χ2n) is 6.80. The molecule has 0 spiro atoms. The predicted octanol–water partition coefficient (Wildman–Crippen LogP) is 1.95. The minimum Gasteiger partial charge on any atom is -0.482 e. The number of nitriles is 1. The van der Waals surface area contributed by atoms with Crippen LogP contribution in [0.3, 0.4) is 0 Å². The topological polar surface area (TPSA) is 97.6 Å². The highest BCUT2D eigenvalue weighted by molar-refractivity contribution is 5.82. The summed E-state index contributed by atoms with van der Waals surface area (Å²) in [4.78, 5) is 22.9. The number of carbonyl (C=O) groups excluding carboxylic acids is 1. The Morgan fingerprint density at radius 1 is 1.25 bits per heavy atom. The zero-order valence-electron chi connectivity index (χ0n) is 15.4. The van der Waals surface area contributed by atoms with Crippen molar-refractivity contribution in [1.82, 2.24) is 14.9 Å². The maximum atomic E-state index is 13.1. The van der Waals surface area contributed by atoms with Crippen LogP contribution in [0, 0.1) is 11.3 Å². The van der Waals surface area contributed by atoms with E-state index in [0.717, 1.165) is 12.8 Å². The largest absolute Gasteiger partial charge is 0.482 e. The maximum absolute atomic E-state index is 13.1. The van der Waals surface area contributed by atoms with Crippen LogP contribution < -0.4 is 14.2 Å². The summed E-state index contributed by atoms with van der Waals surface area (Å²) in [5.74, 6) is 1.28. The highest BCUT2D eigenvalue weighted by Crippen LogP contribution is 2.34. The summed E-state index contributed by atoms with van der Waals surface area (Å²) >= 11 is 0. The Labute approximate surface area is 162 Å². The Morgan fingerprint density at radius 2 is 2.00 bits per heavy atom. The van der Waals surface area contributed by atoms with Crippen LogP contribution in [0.25, 0.3) is 0 Å². The van der Waals surface area contributed by atoms with Crippen molar-refractivity contribution < 1.29 is 19.0 Å². The van der Waals surface area contributed by atoms with Gasteiger partial charge in [-0.05, 0) is 31.9 Å². The molecule has 0 N–H and O–H groups in total. The van der Waals surface area contributed by atoms with E-state index in [0.29, 0.717) is 24.6 Å². The molecule has 2 aromatic rings. The lowest BCUT2D eigenvalue weighted by molar-refractivity contribution is -0.147. The Bertz CT molecular complexity index is 913. The number of aromatic nitrogens is 2. The molecule has 1 saturated heterocycles. The fraction of sp³-hybridized carbons (Fsp3) is 0.400. The molecule has 3 atom stereocenters. The van der Waals surface area contributed by atoms with Crippen LogP contribution >= 0.6 is 0 Å². The zero-order chi connectivity index (χ0) is 19.5. The van der Waals surface area contributed by atoms with E-state index in [1.54, 1.807) is 11.0 Å². The van der Waals surface area contributed by atoms with Crippen molar-refractivity contribution in [2.75, 3.05) is 13.1 Å². The highest BCUT2D eigenvalue weighted by atomic mass is 16.6. The first kappa shape index (κ1) is 18.0. The van der Waals surface area contributed by atoms with Crippen LogP contribution in [0.4, 0.5) is 0 Å². The van der Waals surface area contributed by atoms with Gasteiger partial charge in [-0.25, -0.2) is 9.97 Å². The van der Waals surface area contributed by atoms with Crippen molar-refractivity contribution in [3.63, 3.8) is 0 Å². The molecule has 2 aliphatic heterocycles. The summed E-state index contributed by atoms with van der Waals surface area (Å²) < 4.78 is 17.6. The third-order valence-corrected chi connectivity index (χ3v) is 4.82. The number of carbonyl (C=O) groups is 1. The standard InChI is InChI=1S/C20H20N4O4/c1-13-18(28-17-7-3-2-6-16(17)26-13)20(25)24-10-4-5-14(12-24)27-19-15(11-21)22-8-9-23-19/h2-3,6-9,13-14,18H,4-5,10,12H2,1H3. The third-order valence-electron chi connectivity index (χ3n) is 4.82. The van der Waals surface area contributed by atoms with E-state index in [4.69, 9.17) is 19.5 Å². The number of rotatable bonds is 3. The van der Waals surface area contributed by atoms with Gasteiger partial charge in [-0.15, -0.1) is 0 Å². The molecule has 3 unspecified atom stereocenters. The van der Waals surface area contributed by atoms with E-state index in [9.17, 15) is 4.79 Å². The average Bonchev–Trinajstić information content (AvgIpc) is 2.73. The molecule has 1 fully saturated rings. The Hall–Kier alpha value is -3.34. The van der Waals surface area contributed by atoms with Gasteiger partial charge in [0.15, 0.2) is 11.5 Å². The number of nitrogens with zero attached hydrogens (tertiary/aromatic N) is 4. The number of piperidine rings is 1. The minimum absolute atomic E-state index is 0.130. The maximum Gasteiger partial charge on any atom is 0.267 e. The fourth-order valence-electron chi connectivity index (χ4n) is 3.45. The lowest BCUT2D eigenvalue weighted by atomic mass is 10.1. The van der Waals surface area contributed by atoms with Gasteiger partial charge in [0.05, 0.1) is 6.54 Å². The van der Waals surface area contributed by atoms with Gasteiger partial charge >= 0.3 is 0 Å². The summed E-state index contributed by atoms with van der Waals surface area (Å²) in [6, 6.07) is 9.30. The smallest absolute Gasteiger partial charge is 0.267 e. The summed E-state index contributed by atoms with van der Waals surface area (Å²) in [5, 5.41) is 9.14. The Balaban J connectivity index is 1.44. The molecule has 1 amide bonds. The molecule has 2 aliphatic rings. The molecule has 0 radical (unpaired) electrons. The number of hydrogen-bond acceptors (Lipinski definition) is 7. The van der Waals surface area contributed by atoms with Crippen molar-refractivity contribution in [1.29, 1.82) is 5.26 Å². The van der Waals surface area contributed by atoms with Gasteiger partial charge in [0.25, 0.3) is 11.8 Å². The van der Waals surface area contributed by atoms with Crippen LogP contribution in [0.2, 0.25) is 0 Å². The number of para-hydroxylation sites is 2. The Morgan fingerprint density at radius 3 is 2.79 bits per heavy atom. The molecule has 1 aromatic heterocycles. The highest BCUT2D eigenvalue weighted by Gasteiger charge is 2.38. The van der Waals surface area contributed by atoms with Gasteiger partial charge in [-0.2, -0.15) is 5.26 Å². The quantitative estimate of drug-likeness (QED) is 0.803. The molecule has 8 heteroatoms. The number of ether oxygens (including phenoxy) is 3. The van der Waals surface area contributed by atoms with E-state index in [1.807, 2.05) is 31.2 Å². The molecular weight excluding hydrogens is 360 g/mol. The van der Waals surface area contributed by atoms with Crippen LogP contribution in [0.15, 0.2) is 36.7 Å². The third kappa shape index (κ3) is 3.56. The number of likely N-dealkylation sites (tertiary alicyclic amines) is 1. The van der Waals surface area contributed by atoms with Gasteiger partial charge < -0.3 is 19.1 Å². The summed E-state index contributed by atoms with van der Waals surface area (Å²) in [6.45, 7) is 2.85. The van der Waals surface area contributed by atoms with Gasteiger partial charge in [-0.1, -0.05) is 12.1 Å². The van der Waals surface area contributed by atoms with E-state index in [2.05, 4.69) is 9.97 Å². The predicted molar refractivity (Wildman–Crippen MR) is 97.9 cm³/mol. The van der Waals surface area contributed by atoms with E-state index >= 15 is 0 Å². The minimum atomic E-state index is -0.708. The van der Waals surface area contributed by atoms with Crippen LogP contribution in [-0.4, -0.2) is 52.2 Å². The molecule has 28 heavy (non-hydrogen) atoms.